The summed E-state index contributed by atoms with van der Waals surface area (Å²) in [6, 6.07) is 0. The minimum Gasteiger partial charge on any atom is -0.460 e. The molecule has 0 aromatic heterocycles. The van der Waals surface area contributed by atoms with Gasteiger partial charge >= 0.3 is 5.97 Å². The van der Waals surface area contributed by atoms with Crippen molar-refractivity contribution in [1.29, 1.82) is 0 Å². The Morgan fingerprint density at radius 3 is 3.00 bits per heavy atom. The predicted molar refractivity (Wildman–Crippen MR) is 52.0 cm³/mol. The van der Waals surface area contributed by atoms with Gasteiger partial charge in [-0.2, -0.15) is 0 Å². The molecule has 3 aliphatic rings. The Hall–Kier alpha value is 0.200. The maximum atomic E-state index is 11.5. The minimum atomic E-state index is -0.100. The fourth-order valence-electron chi connectivity index (χ4n) is 3.24. The highest BCUT2D eigenvalue weighted by Gasteiger charge is 2.67. The number of fused-ring (bicyclic) bond motifs is 1. The van der Waals surface area contributed by atoms with Gasteiger partial charge in [-0.05, 0) is 25.7 Å². The van der Waals surface area contributed by atoms with Gasteiger partial charge in [0.2, 0.25) is 0 Å². The zero-order chi connectivity index (χ0) is 8.51. The van der Waals surface area contributed by atoms with Crippen molar-refractivity contribution in [3.63, 3.8) is 0 Å². The van der Waals surface area contributed by atoms with E-state index < -0.39 is 0 Å². The first-order valence-electron chi connectivity index (χ1n) is 4.48. The Kier molecular flexibility index (Phi) is 1.26. The van der Waals surface area contributed by atoms with Crippen molar-refractivity contribution in [3.8, 4) is 0 Å². The van der Waals surface area contributed by atoms with E-state index in [9.17, 15) is 4.79 Å². The molecular formula is C9H11IO2. The van der Waals surface area contributed by atoms with Gasteiger partial charge in [-0.1, -0.05) is 22.6 Å². The normalized spacial score (nSPS) is 61.0. The van der Waals surface area contributed by atoms with Gasteiger partial charge in [-0.15, -0.1) is 0 Å². The number of halogens is 1. The van der Waals surface area contributed by atoms with Crippen LogP contribution < -0.4 is 0 Å². The average Bonchev–Trinajstić information content (AvgIpc) is 2.53. The zero-order valence-electron chi connectivity index (χ0n) is 6.92. The molecule has 0 aromatic carbocycles. The monoisotopic (exact) mass is 278 g/mol. The van der Waals surface area contributed by atoms with E-state index in [1.165, 1.54) is 6.42 Å². The summed E-state index contributed by atoms with van der Waals surface area (Å²) in [4.78, 5) is 11.5. The summed E-state index contributed by atoms with van der Waals surface area (Å²) in [5.74, 6) is 1.35. The molecule has 2 saturated carbocycles. The molecule has 2 aliphatic carbocycles. The van der Waals surface area contributed by atoms with Crippen LogP contribution in [0.25, 0.3) is 0 Å². The van der Waals surface area contributed by atoms with E-state index in [0.717, 1.165) is 12.3 Å². The highest BCUT2D eigenvalue weighted by atomic mass is 127. The highest BCUT2D eigenvalue weighted by molar-refractivity contribution is 14.1. The molecule has 3 heteroatoms. The number of esters is 1. The quantitative estimate of drug-likeness (QED) is 0.383. The van der Waals surface area contributed by atoms with Crippen LogP contribution >= 0.6 is 22.6 Å². The predicted octanol–water partition coefficient (Wildman–Crippen LogP) is 1.76. The highest BCUT2D eigenvalue weighted by Crippen LogP contribution is 2.63. The smallest absolute Gasteiger partial charge is 0.312 e. The first-order valence-corrected chi connectivity index (χ1v) is 5.72. The summed E-state index contributed by atoms with van der Waals surface area (Å²) in [5, 5.41) is 0. The van der Waals surface area contributed by atoms with E-state index in [1.54, 1.807) is 0 Å². The third-order valence-electron chi connectivity index (χ3n) is 3.93. The number of carbonyl (C=O) groups excluding carboxylic acids is 1. The average molecular weight is 278 g/mol. The molecule has 0 aromatic rings. The van der Waals surface area contributed by atoms with Crippen LogP contribution in [0.15, 0.2) is 0 Å². The Bertz CT molecular complexity index is 265. The molecule has 0 spiro atoms. The Morgan fingerprint density at radius 2 is 2.42 bits per heavy atom. The third-order valence-corrected chi connectivity index (χ3v) is 5.66. The van der Waals surface area contributed by atoms with Crippen LogP contribution in [0.5, 0.6) is 0 Å². The lowest BCUT2D eigenvalue weighted by Crippen LogP contribution is -2.33. The number of carbonyl (C=O) groups is 1. The number of hydrogen-bond donors (Lipinski definition) is 0. The summed E-state index contributed by atoms with van der Waals surface area (Å²) in [7, 11) is 0. The fourth-order valence-corrected chi connectivity index (χ4v) is 4.43. The van der Waals surface area contributed by atoms with Gasteiger partial charge in [0.25, 0.3) is 0 Å². The molecule has 66 valence electrons. The molecule has 0 amide bonds. The second kappa shape index (κ2) is 1.99. The van der Waals surface area contributed by atoms with Crippen LogP contribution in [0, 0.1) is 17.3 Å². The molecule has 0 unspecified atom stereocenters. The molecule has 1 aliphatic heterocycles. The lowest BCUT2D eigenvalue weighted by atomic mass is 9.76. The lowest BCUT2D eigenvalue weighted by molar-refractivity contribution is -0.147. The summed E-state index contributed by atoms with van der Waals surface area (Å²) >= 11 is 2.45. The zero-order valence-corrected chi connectivity index (χ0v) is 9.08. The molecule has 1 heterocycles. The van der Waals surface area contributed by atoms with Gasteiger partial charge in [-0.25, -0.2) is 0 Å². The van der Waals surface area contributed by atoms with Gasteiger partial charge in [0.15, 0.2) is 0 Å². The van der Waals surface area contributed by atoms with Crippen molar-refractivity contribution in [1.82, 2.24) is 0 Å². The summed E-state index contributed by atoms with van der Waals surface area (Å²) in [6.45, 7) is 2.09. The van der Waals surface area contributed by atoms with Gasteiger partial charge in [0.1, 0.15) is 6.10 Å². The van der Waals surface area contributed by atoms with E-state index >= 15 is 0 Å². The molecule has 0 N–H and O–H groups in total. The van der Waals surface area contributed by atoms with Gasteiger partial charge in [0.05, 0.1) is 9.34 Å². The summed E-state index contributed by atoms with van der Waals surface area (Å²) < 4.78 is 6.00. The van der Waals surface area contributed by atoms with Crippen LogP contribution in [0.3, 0.4) is 0 Å². The lowest BCUT2D eigenvalue weighted by Gasteiger charge is -2.25. The van der Waals surface area contributed by atoms with E-state index in [0.29, 0.717) is 9.84 Å². The number of hydrogen-bond acceptors (Lipinski definition) is 2. The van der Waals surface area contributed by atoms with Crippen LogP contribution in [-0.4, -0.2) is 16.0 Å². The van der Waals surface area contributed by atoms with Gasteiger partial charge in [-0.3, -0.25) is 4.79 Å². The number of ether oxygens (including phenoxy) is 1. The van der Waals surface area contributed by atoms with E-state index in [2.05, 4.69) is 29.5 Å². The third kappa shape index (κ3) is 0.624. The van der Waals surface area contributed by atoms with Gasteiger partial charge < -0.3 is 4.74 Å². The first kappa shape index (κ1) is 7.59. The van der Waals surface area contributed by atoms with E-state index in [1.807, 2.05) is 0 Å². The largest absolute Gasteiger partial charge is 0.460 e. The topological polar surface area (TPSA) is 26.3 Å². The van der Waals surface area contributed by atoms with Crippen molar-refractivity contribution in [2.24, 2.45) is 17.3 Å². The van der Waals surface area contributed by atoms with Crippen molar-refractivity contribution < 1.29 is 9.53 Å². The number of alkyl halides is 1. The fraction of sp³-hybridized carbons (Fsp3) is 0.889. The number of rotatable bonds is 0. The summed E-state index contributed by atoms with van der Waals surface area (Å²) in [5.41, 5.74) is -0.100. The summed E-state index contributed by atoms with van der Waals surface area (Å²) in [6.07, 6.45) is 2.54. The van der Waals surface area contributed by atoms with Crippen molar-refractivity contribution in [2.45, 2.75) is 29.8 Å². The van der Waals surface area contributed by atoms with Crippen LogP contribution in [0.4, 0.5) is 0 Å². The molecule has 0 radical (unpaired) electrons. The van der Waals surface area contributed by atoms with Crippen LogP contribution in [0.2, 0.25) is 0 Å². The van der Waals surface area contributed by atoms with Crippen LogP contribution in [-0.2, 0) is 9.53 Å². The Morgan fingerprint density at radius 1 is 1.67 bits per heavy atom. The second-order valence-electron chi connectivity index (χ2n) is 4.54. The molecule has 12 heavy (non-hydrogen) atoms. The molecule has 1 saturated heterocycles. The SMILES string of the molecule is C[C@]12C[C@@H]3C[C@H]1[C@H](OC2=O)[C@H]3I. The van der Waals surface area contributed by atoms with Crippen molar-refractivity contribution >= 4 is 28.6 Å². The molecule has 2 nitrogen and oxygen atoms in total. The molecule has 3 fully saturated rings. The molecule has 2 bridgehead atoms. The van der Waals surface area contributed by atoms with E-state index in [4.69, 9.17) is 4.74 Å². The van der Waals surface area contributed by atoms with Crippen molar-refractivity contribution in [3.05, 3.63) is 0 Å². The molecular weight excluding hydrogens is 267 g/mol. The maximum Gasteiger partial charge on any atom is 0.312 e. The second-order valence-corrected chi connectivity index (χ2v) is 5.98. The maximum absolute atomic E-state index is 11.5. The molecule has 3 rings (SSSR count). The minimum absolute atomic E-state index is 0.0687. The Balaban J connectivity index is 2.09. The van der Waals surface area contributed by atoms with Gasteiger partial charge in [0, 0.05) is 5.92 Å². The standard InChI is InChI=1S/C9H11IO2/c1-9-3-4-2-5(9)7(6(4)10)12-8(9)11/h4-7H,2-3H2,1H3/t4-,5-,6-,7-,9-/m0/s1. The molecule has 5 atom stereocenters. The van der Waals surface area contributed by atoms with E-state index in [-0.39, 0.29) is 17.5 Å². The van der Waals surface area contributed by atoms with Crippen molar-refractivity contribution in [2.75, 3.05) is 0 Å². The first-order chi connectivity index (χ1) is 5.63. The Labute approximate surface area is 85.2 Å². The van der Waals surface area contributed by atoms with Crippen LogP contribution in [0.1, 0.15) is 19.8 Å².